The van der Waals surface area contributed by atoms with E-state index in [2.05, 4.69) is 10.2 Å². The largest absolute Gasteiger partial charge is 0.461 e. The van der Waals surface area contributed by atoms with E-state index in [1.165, 1.54) is 36.0 Å². The molecule has 0 saturated carbocycles. The summed E-state index contributed by atoms with van der Waals surface area (Å²) in [6, 6.07) is 16.3. The molecular formula is C20H14BrClFN3O2S. The number of hydrogen-bond donors (Lipinski definition) is 0. The second kappa shape index (κ2) is 9.39. The molecule has 5 nitrogen and oxygen atoms in total. The van der Waals surface area contributed by atoms with Gasteiger partial charge in [-0.3, -0.25) is 9.36 Å². The standard InChI is InChI=1S/C20H13ClFN3O2S.BrH/c21-15-4-1-2-5-16(15)25-19(18-6-3-11-27-18)23-24-20(25)28-12-17(26)13-7-9-14(22)10-8-13;/h1-11H,12H2;1H. The average Bonchev–Trinajstić information content (AvgIpc) is 3.37. The van der Waals surface area contributed by atoms with Crippen LogP contribution in [0.3, 0.4) is 0 Å². The van der Waals surface area contributed by atoms with Crippen molar-refractivity contribution in [3.63, 3.8) is 0 Å². The number of Topliss-reactive ketones (excluding diaryl/α,β-unsaturated/α-hetero) is 1. The van der Waals surface area contributed by atoms with Gasteiger partial charge in [0.05, 0.1) is 22.7 Å². The van der Waals surface area contributed by atoms with Crippen LogP contribution in [0.1, 0.15) is 10.4 Å². The lowest BCUT2D eigenvalue weighted by atomic mass is 10.1. The molecular weight excluding hydrogens is 481 g/mol. The molecule has 2 aromatic carbocycles. The van der Waals surface area contributed by atoms with Crippen molar-refractivity contribution < 1.29 is 13.6 Å². The third-order valence-electron chi connectivity index (χ3n) is 3.97. The molecule has 0 aliphatic carbocycles. The lowest BCUT2D eigenvalue weighted by molar-refractivity contribution is 0.102. The number of carbonyl (C=O) groups is 1. The highest BCUT2D eigenvalue weighted by molar-refractivity contribution is 8.93. The monoisotopic (exact) mass is 493 g/mol. The highest BCUT2D eigenvalue weighted by Crippen LogP contribution is 2.31. The van der Waals surface area contributed by atoms with E-state index in [0.29, 0.717) is 33.0 Å². The normalized spacial score (nSPS) is 10.6. The first-order valence-corrected chi connectivity index (χ1v) is 9.65. The van der Waals surface area contributed by atoms with E-state index in [1.54, 1.807) is 29.0 Å². The van der Waals surface area contributed by atoms with Crippen molar-refractivity contribution in [2.24, 2.45) is 0 Å². The van der Waals surface area contributed by atoms with Gasteiger partial charge in [0.1, 0.15) is 5.82 Å². The molecule has 148 valence electrons. The highest BCUT2D eigenvalue weighted by Gasteiger charge is 2.20. The summed E-state index contributed by atoms with van der Waals surface area (Å²) in [5, 5.41) is 9.44. The number of halogens is 3. The summed E-state index contributed by atoms with van der Waals surface area (Å²) in [7, 11) is 0. The van der Waals surface area contributed by atoms with Gasteiger partial charge in [-0.05, 0) is 48.5 Å². The van der Waals surface area contributed by atoms with E-state index in [9.17, 15) is 9.18 Å². The van der Waals surface area contributed by atoms with Crippen molar-refractivity contribution in [3.8, 4) is 17.3 Å². The fourth-order valence-corrected chi connectivity index (χ4v) is 3.69. The predicted molar refractivity (Wildman–Crippen MR) is 116 cm³/mol. The van der Waals surface area contributed by atoms with Crippen molar-refractivity contribution in [1.82, 2.24) is 14.8 Å². The number of para-hydroxylation sites is 1. The number of carbonyl (C=O) groups excluding carboxylic acids is 1. The van der Waals surface area contributed by atoms with Gasteiger partial charge in [-0.2, -0.15) is 0 Å². The Morgan fingerprint density at radius 2 is 1.83 bits per heavy atom. The molecule has 0 N–H and O–H groups in total. The summed E-state index contributed by atoms with van der Waals surface area (Å²) in [4.78, 5) is 12.4. The minimum absolute atomic E-state index is 0. The molecule has 4 rings (SSSR count). The maximum Gasteiger partial charge on any atom is 0.205 e. The summed E-state index contributed by atoms with van der Waals surface area (Å²) < 4.78 is 20.3. The van der Waals surface area contributed by atoms with Crippen LogP contribution >= 0.6 is 40.3 Å². The van der Waals surface area contributed by atoms with Gasteiger partial charge in [0.2, 0.25) is 5.82 Å². The van der Waals surface area contributed by atoms with Crippen LogP contribution in [-0.2, 0) is 0 Å². The van der Waals surface area contributed by atoms with Gasteiger partial charge in [0.25, 0.3) is 0 Å². The third-order valence-corrected chi connectivity index (χ3v) is 5.22. The van der Waals surface area contributed by atoms with Crippen LogP contribution in [-0.4, -0.2) is 26.3 Å². The number of rotatable bonds is 6. The van der Waals surface area contributed by atoms with E-state index in [1.807, 2.05) is 18.2 Å². The van der Waals surface area contributed by atoms with Crippen LogP contribution in [0.25, 0.3) is 17.3 Å². The smallest absolute Gasteiger partial charge is 0.205 e. The Balaban J connectivity index is 0.00000240. The van der Waals surface area contributed by atoms with Gasteiger partial charge in [-0.25, -0.2) is 4.39 Å². The number of nitrogens with zero attached hydrogens (tertiary/aromatic N) is 3. The number of ketones is 1. The van der Waals surface area contributed by atoms with E-state index < -0.39 is 0 Å². The first-order valence-electron chi connectivity index (χ1n) is 8.29. The van der Waals surface area contributed by atoms with Crippen molar-refractivity contribution in [2.75, 3.05) is 5.75 Å². The second-order valence-corrected chi connectivity index (χ2v) is 7.14. The lowest BCUT2D eigenvalue weighted by Gasteiger charge is -2.10. The molecule has 0 atom stereocenters. The molecule has 0 bridgehead atoms. The van der Waals surface area contributed by atoms with Crippen LogP contribution < -0.4 is 0 Å². The maximum absolute atomic E-state index is 13.1. The third kappa shape index (κ3) is 4.60. The van der Waals surface area contributed by atoms with E-state index >= 15 is 0 Å². The Morgan fingerprint density at radius 1 is 1.07 bits per heavy atom. The molecule has 0 amide bonds. The van der Waals surface area contributed by atoms with Crippen molar-refractivity contribution in [1.29, 1.82) is 0 Å². The minimum Gasteiger partial charge on any atom is -0.461 e. The van der Waals surface area contributed by atoms with Crippen molar-refractivity contribution >= 4 is 46.1 Å². The van der Waals surface area contributed by atoms with Crippen molar-refractivity contribution in [2.45, 2.75) is 5.16 Å². The molecule has 2 heterocycles. The molecule has 29 heavy (non-hydrogen) atoms. The first-order chi connectivity index (χ1) is 13.6. The van der Waals surface area contributed by atoms with Crippen LogP contribution in [0.2, 0.25) is 5.02 Å². The SMILES string of the molecule is Br.O=C(CSc1nnc(-c2ccco2)n1-c1ccccc1Cl)c1ccc(F)cc1. The number of benzene rings is 2. The fraction of sp³-hybridized carbons (Fsp3) is 0.0500. The van der Waals surface area contributed by atoms with Crippen LogP contribution in [0.5, 0.6) is 0 Å². The molecule has 0 saturated heterocycles. The van der Waals surface area contributed by atoms with Crippen LogP contribution in [0.4, 0.5) is 4.39 Å². The predicted octanol–water partition coefficient (Wildman–Crippen LogP) is 5.87. The van der Waals surface area contributed by atoms with Crippen molar-refractivity contribution in [3.05, 3.63) is 83.3 Å². The Hall–Kier alpha value is -2.42. The van der Waals surface area contributed by atoms with Gasteiger partial charge in [0, 0.05) is 5.56 Å². The maximum atomic E-state index is 13.1. The van der Waals surface area contributed by atoms with E-state index in [0.717, 1.165) is 0 Å². The minimum atomic E-state index is -0.384. The lowest BCUT2D eigenvalue weighted by Crippen LogP contribution is -2.05. The van der Waals surface area contributed by atoms with Gasteiger partial charge in [-0.15, -0.1) is 27.2 Å². The Kier molecular flexibility index (Phi) is 6.89. The molecule has 0 aliphatic rings. The summed E-state index contributed by atoms with van der Waals surface area (Å²) in [5.41, 5.74) is 1.11. The van der Waals surface area contributed by atoms with Crippen LogP contribution in [0.15, 0.2) is 76.5 Å². The van der Waals surface area contributed by atoms with Gasteiger partial charge < -0.3 is 4.42 Å². The zero-order chi connectivity index (χ0) is 19.5. The summed E-state index contributed by atoms with van der Waals surface area (Å²) in [5.74, 6) is 0.606. The van der Waals surface area contributed by atoms with Gasteiger partial charge >= 0.3 is 0 Å². The zero-order valence-corrected chi connectivity index (χ0v) is 18.1. The Labute approximate surface area is 185 Å². The Morgan fingerprint density at radius 3 is 2.52 bits per heavy atom. The molecule has 0 fully saturated rings. The van der Waals surface area contributed by atoms with Crippen LogP contribution in [0, 0.1) is 5.82 Å². The molecule has 0 spiro atoms. The number of aromatic nitrogens is 3. The topological polar surface area (TPSA) is 60.9 Å². The first kappa shape index (κ1) is 21.3. The van der Waals surface area contributed by atoms with Gasteiger partial charge in [-0.1, -0.05) is 35.5 Å². The quantitative estimate of drug-likeness (QED) is 0.248. The zero-order valence-electron chi connectivity index (χ0n) is 14.8. The highest BCUT2D eigenvalue weighted by atomic mass is 79.9. The second-order valence-electron chi connectivity index (χ2n) is 5.79. The fourth-order valence-electron chi connectivity index (χ4n) is 2.63. The summed E-state index contributed by atoms with van der Waals surface area (Å²) in [6.07, 6.45) is 1.55. The molecule has 0 unspecified atom stereocenters. The van der Waals surface area contributed by atoms with E-state index in [-0.39, 0.29) is 34.3 Å². The van der Waals surface area contributed by atoms with Gasteiger partial charge in [0.15, 0.2) is 16.7 Å². The number of furan rings is 1. The molecule has 0 aliphatic heterocycles. The Bertz CT molecular complexity index is 1120. The van der Waals surface area contributed by atoms with E-state index in [4.69, 9.17) is 16.0 Å². The molecule has 0 radical (unpaired) electrons. The molecule has 4 aromatic rings. The molecule has 9 heteroatoms. The summed E-state index contributed by atoms with van der Waals surface area (Å²) >= 11 is 7.60. The molecule has 2 aromatic heterocycles. The summed E-state index contributed by atoms with van der Waals surface area (Å²) in [6.45, 7) is 0. The number of thioether (sulfide) groups is 1. The number of hydrogen-bond acceptors (Lipinski definition) is 5. The average molecular weight is 495 g/mol.